The number of hydrogen-bond acceptors (Lipinski definition) is 2. The Hall–Kier alpha value is -1.31. The third-order valence-corrected chi connectivity index (χ3v) is 3.33. The Morgan fingerprint density at radius 1 is 1.29 bits per heavy atom. The molecule has 17 heavy (non-hydrogen) atoms. The van der Waals surface area contributed by atoms with Crippen LogP contribution in [0.5, 0.6) is 0 Å². The van der Waals surface area contributed by atoms with Gasteiger partial charge in [-0.2, -0.15) is 0 Å². The van der Waals surface area contributed by atoms with Crippen LogP contribution in [-0.2, 0) is 4.84 Å². The van der Waals surface area contributed by atoms with Gasteiger partial charge in [0.05, 0.1) is 0 Å². The molecule has 0 atom stereocenters. The van der Waals surface area contributed by atoms with E-state index in [-0.39, 0.29) is 0 Å². The highest BCUT2D eigenvalue weighted by atomic mass is 16.6. The lowest BCUT2D eigenvalue weighted by molar-refractivity contribution is 0.160. The number of nitrogens with zero attached hydrogens (tertiary/aromatic N) is 1. The molecular weight excluding hydrogens is 210 g/mol. The second-order valence-corrected chi connectivity index (χ2v) is 4.58. The minimum Gasteiger partial charge on any atom is -0.396 e. The summed E-state index contributed by atoms with van der Waals surface area (Å²) in [6.45, 7) is 2.51. The molecule has 2 heteroatoms. The van der Waals surface area contributed by atoms with E-state index < -0.39 is 0 Å². The second kappa shape index (κ2) is 6.43. The van der Waals surface area contributed by atoms with E-state index >= 15 is 0 Å². The molecule has 1 radical (unpaired) electrons. The van der Waals surface area contributed by atoms with Crippen LogP contribution >= 0.6 is 0 Å². The van der Waals surface area contributed by atoms with Crippen LogP contribution in [0.1, 0.15) is 56.1 Å². The van der Waals surface area contributed by atoms with Crippen LogP contribution in [0.15, 0.2) is 29.4 Å². The van der Waals surface area contributed by atoms with Crippen molar-refractivity contribution in [1.29, 1.82) is 0 Å². The quantitative estimate of drug-likeness (QED) is 0.566. The second-order valence-electron chi connectivity index (χ2n) is 4.58. The summed E-state index contributed by atoms with van der Waals surface area (Å²) in [6, 6.07) is 8.53. The summed E-state index contributed by atoms with van der Waals surface area (Å²) in [7, 11) is 0. The van der Waals surface area contributed by atoms with E-state index in [1.165, 1.54) is 37.7 Å². The minimum absolute atomic E-state index is 0.593. The molecule has 0 spiro atoms. The maximum absolute atomic E-state index is 4.94. The van der Waals surface area contributed by atoms with Gasteiger partial charge in [-0.3, -0.25) is 0 Å². The maximum Gasteiger partial charge on any atom is 0.139 e. The first kappa shape index (κ1) is 12.2. The highest BCUT2D eigenvalue weighted by Gasteiger charge is 2.15. The average Bonchev–Trinajstić information content (AvgIpc) is 2.41. The van der Waals surface area contributed by atoms with Gasteiger partial charge in [-0.15, -0.1) is 0 Å². The summed E-state index contributed by atoms with van der Waals surface area (Å²) in [5, 5.41) is 3.80. The molecule has 1 aromatic carbocycles. The summed E-state index contributed by atoms with van der Waals surface area (Å²) < 4.78 is 0. The first-order valence-electron chi connectivity index (χ1n) is 6.58. The maximum atomic E-state index is 4.94. The van der Waals surface area contributed by atoms with E-state index in [9.17, 15) is 0 Å². The van der Waals surface area contributed by atoms with Gasteiger partial charge in [0.1, 0.15) is 12.8 Å². The highest BCUT2D eigenvalue weighted by Crippen LogP contribution is 2.32. The van der Waals surface area contributed by atoms with E-state index in [4.69, 9.17) is 4.84 Å². The molecule has 1 aliphatic rings. The van der Waals surface area contributed by atoms with Crippen molar-refractivity contribution in [2.75, 3.05) is 6.61 Å². The number of hydrogen-bond donors (Lipinski definition) is 0. The molecule has 1 fully saturated rings. The van der Waals surface area contributed by atoms with Gasteiger partial charge >= 0.3 is 0 Å². The molecule has 1 aliphatic carbocycles. The lowest BCUT2D eigenvalue weighted by atomic mass is 9.84. The minimum atomic E-state index is 0.593. The number of benzene rings is 1. The van der Waals surface area contributed by atoms with Gasteiger partial charge in [-0.05, 0) is 37.3 Å². The topological polar surface area (TPSA) is 21.6 Å². The molecule has 0 bridgehead atoms. The normalized spacial score (nSPS) is 17.5. The van der Waals surface area contributed by atoms with Gasteiger partial charge in [0, 0.05) is 5.56 Å². The third kappa shape index (κ3) is 3.58. The summed E-state index contributed by atoms with van der Waals surface area (Å²) in [6.07, 6.45) is 9.71. The van der Waals surface area contributed by atoms with Gasteiger partial charge in [0.15, 0.2) is 0 Å². The van der Waals surface area contributed by atoms with Crippen LogP contribution in [-0.4, -0.2) is 12.8 Å². The molecule has 0 unspecified atom stereocenters. The summed E-state index contributed by atoms with van der Waals surface area (Å²) in [4.78, 5) is 4.94. The molecule has 0 amide bonds. The van der Waals surface area contributed by atoms with Gasteiger partial charge in [-0.1, -0.05) is 42.6 Å². The molecule has 1 aromatic rings. The first-order chi connectivity index (χ1) is 8.40. The van der Waals surface area contributed by atoms with E-state index in [0.29, 0.717) is 6.61 Å². The van der Waals surface area contributed by atoms with Gasteiger partial charge in [0.2, 0.25) is 0 Å². The monoisotopic (exact) mass is 230 g/mol. The zero-order chi connectivity index (χ0) is 11.9. The van der Waals surface area contributed by atoms with Crippen molar-refractivity contribution < 1.29 is 4.84 Å². The van der Waals surface area contributed by atoms with Crippen LogP contribution < -0.4 is 0 Å². The van der Waals surface area contributed by atoms with Crippen molar-refractivity contribution in [2.24, 2.45) is 5.16 Å². The van der Waals surface area contributed by atoms with Crippen molar-refractivity contribution in [3.8, 4) is 0 Å². The lowest BCUT2D eigenvalue weighted by Gasteiger charge is -2.22. The van der Waals surface area contributed by atoms with Crippen LogP contribution in [0.4, 0.5) is 0 Å². The smallest absolute Gasteiger partial charge is 0.139 e. The predicted molar refractivity (Wildman–Crippen MR) is 70.4 cm³/mol. The molecule has 0 aromatic heterocycles. The highest BCUT2D eigenvalue weighted by molar-refractivity contribution is 5.79. The van der Waals surface area contributed by atoms with Crippen LogP contribution in [0.3, 0.4) is 0 Å². The van der Waals surface area contributed by atoms with Gasteiger partial charge in [-0.25, -0.2) is 0 Å². The Kier molecular flexibility index (Phi) is 4.60. The Morgan fingerprint density at radius 3 is 2.88 bits per heavy atom. The molecule has 0 N–H and O–H groups in total. The molecule has 91 valence electrons. The SMILES string of the molecule is CCO/N=[C]/c1cccc(C2CCCCC2)c1. The fourth-order valence-electron chi connectivity index (χ4n) is 2.45. The molecular formula is C15H20NO. The Labute approximate surface area is 104 Å². The molecule has 0 aliphatic heterocycles. The van der Waals surface area contributed by atoms with Crippen molar-refractivity contribution in [3.05, 3.63) is 35.4 Å². The standard InChI is InChI=1S/C15H20NO/c1-2-17-16-12-13-7-6-10-15(11-13)14-8-4-3-5-9-14/h6-7,10-11,14H,2-5,8-9H2,1H3. The lowest BCUT2D eigenvalue weighted by Crippen LogP contribution is -2.04. The average molecular weight is 230 g/mol. The summed E-state index contributed by atoms with van der Waals surface area (Å²) in [5.74, 6) is 0.734. The zero-order valence-corrected chi connectivity index (χ0v) is 10.5. The fraction of sp³-hybridized carbons (Fsp3) is 0.533. The van der Waals surface area contributed by atoms with Crippen molar-refractivity contribution in [2.45, 2.75) is 44.9 Å². The molecule has 0 heterocycles. The summed E-state index contributed by atoms with van der Waals surface area (Å²) >= 11 is 0. The van der Waals surface area contributed by atoms with Crippen LogP contribution in [0, 0.1) is 0 Å². The largest absolute Gasteiger partial charge is 0.396 e. The van der Waals surface area contributed by atoms with Gasteiger partial charge < -0.3 is 4.84 Å². The number of rotatable bonds is 4. The summed E-state index contributed by atoms with van der Waals surface area (Å²) in [5.41, 5.74) is 2.45. The van der Waals surface area contributed by atoms with Crippen molar-refractivity contribution in [3.63, 3.8) is 0 Å². The van der Waals surface area contributed by atoms with E-state index in [0.717, 1.165) is 11.5 Å². The van der Waals surface area contributed by atoms with Crippen molar-refractivity contribution in [1.82, 2.24) is 0 Å². The molecule has 1 saturated carbocycles. The van der Waals surface area contributed by atoms with Gasteiger partial charge in [0.25, 0.3) is 0 Å². The zero-order valence-electron chi connectivity index (χ0n) is 10.5. The van der Waals surface area contributed by atoms with E-state index in [1.807, 2.05) is 13.0 Å². The molecule has 2 nitrogen and oxygen atoms in total. The van der Waals surface area contributed by atoms with E-state index in [1.54, 1.807) is 0 Å². The third-order valence-electron chi connectivity index (χ3n) is 3.33. The van der Waals surface area contributed by atoms with Crippen LogP contribution in [0.2, 0.25) is 0 Å². The Balaban J connectivity index is 2.05. The van der Waals surface area contributed by atoms with Crippen molar-refractivity contribution >= 4 is 6.21 Å². The molecule has 2 rings (SSSR count). The van der Waals surface area contributed by atoms with Crippen LogP contribution in [0.25, 0.3) is 0 Å². The predicted octanol–water partition coefficient (Wildman–Crippen LogP) is 3.98. The molecule has 0 saturated heterocycles. The Morgan fingerprint density at radius 2 is 2.12 bits per heavy atom. The fourth-order valence-corrected chi connectivity index (χ4v) is 2.45. The first-order valence-corrected chi connectivity index (χ1v) is 6.58. The van der Waals surface area contributed by atoms with E-state index in [2.05, 4.69) is 29.6 Å². The Bertz CT molecular complexity index is 367.